The summed E-state index contributed by atoms with van der Waals surface area (Å²) in [5.41, 5.74) is 0.905. The van der Waals surface area contributed by atoms with Crippen molar-refractivity contribution in [3.63, 3.8) is 0 Å². The van der Waals surface area contributed by atoms with Gasteiger partial charge in [0.1, 0.15) is 12.9 Å². The summed E-state index contributed by atoms with van der Waals surface area (Å²) >= 11 is 0. The van der Waals surface area contributed by atoms with E-state index >= 15 is 0 Å². The number of benzene rings is 1. The molecular weight excluding hydrogens is 270 g/mol. The Morgan fingerprint density at radius 2 is 2.05 bits per heavy atom. The summed E-state index contributed by atoms with van der Waals surface area (Å²) in [7, 11) is 1.41. The molecular formula is C16H23NO4. The quantitative estimate of drug-likeness (QED) is 0.517. The van der Waals surface area contributed by atoms with Crippen molar-refractivity contribution in [2.24, 2.45) is 0 Å². The number of nitrogens with zero attached hydrogens (tertiary/aromatic N) is 1. The molecule has 0 aliphatic rings. The normalized spacial score (nSPS) is 11.7. The van der Waals surface area contributed by atoms with Crippen LogP contribution in [0.2, 0.25) is 0 Å². The van der Waals surface area contributed by atoms with E-state index in [9.17, 15) is 9.59 Å². The summed E-state index contributed by atoms with van der Waals surface area (Å²) in [6.07, 6.45) is 3.11. The van der Waals surface area contributed by atoms with Crippen molar-refractivity contribution in [2.45, 2.75) is 45.3 Å². The Balaban J connectivity index is 2.58. The molecule has 1 amide bonds. The second kappa shape index (κ2) is 9.94. The van der Waals surface area contributed by atoms with Crippen LogP contribution >= 0.6 is 0 Å². The molecule has 0 unspecified atom stereocenters. The van der Waals surface area contributed by atoms with E-state index in [1.165, 1.54) is 7.11 Å². The van der Waals surface area contributed by atoms with Gasteiger partial charge in [0, 0.05) is 6.42 Å². The molecule has 0 saturated heterocycles. The zero-order chi connectivity index (χ0) is 15.5. The Morgan fingerprint density at radius 3 is 2.62 bits per heavy atom. The maximum atomic E-state index is 12.1. The summed E-state index contributed by atoms with van der Waals surface area (Å²) in [6, 6.07) is 9.14. The Morgan fingerprint density at radius 1 is 1.33 bits per heavy atom. The predicted molar refractivity (Wildman–Crippen MR) is 79.5 cm³/mol. The average molecular weight is 293 g/mol. The first kappa shape index (κ1) is 17.2. The minimum absolute atomic E-state index is 0.182. The van der Waals surface area contributed by atoms with E-state index in [0.29, 0.717) is 6.42 Å². The fraction of sp³-hybridized carbons (Fsp3) is 0.500. The molecule has 1 aromatic rings. The monoisotopic (exact) mass is 293 g/mol. The van der Waals surface area contributed by atoms with Crippen LogP contribution in [-0.2, 0) is 21.0 Å². The van der Waals surface area contributed by atoms with Crippen LogP contribution in [0.1, 0.15) is 38.2 Å². The third-order valence-corrected chi connectivity index (χ3v) is 3.17. The number of ether oxygens (including phenoxy) is 1. The Hall–Kier alpha value is -1.88. The number of carbonyl (C=O) groups excluding carboxylic acids is 2. The van der Waals surface area contributed by atoms with E-state index in [0.717, 1.165) is 29.8 Å². The molecule has 0 spiro atoms. The van der Waals surface area contributed by atoms with Crippen molar-refractivity contribution >= 4 is 12.4 Å². The second-order valence-electron chi connectivity index (χ2n) is 4.75. The number of hydrogen-bond donors (Lipinski definition) is 0. The largest absolute Gasteiger partial charge is 0.443 e. The van der Waals surface area contributed by atoms with Crippen LogP contribution in [0.3, 0.4) is 0 Å². The van der Waals surface area contributed by atoms with Crippen molar-refractivity contribution < 1.29 is 19.2 Å². The number of carbonyl (C=O) groups is 2. The SMILES string of the molecule is CCCC[C@H](CC=O)N(OC)C(=O)OCc1ccccc1. The maximum absolute atomic E-state index is 12.1. The van der Waals surface area contributed by atoms with Crippen molar-refractivity contribution in [1.82, 2.24) is 5.06 Å². The van der Waals surface area contributed by atoms with Crippen LogP contribution in [0.5, 0.6) is 0 Å². The minimum Gasteiger partial charge on any atom is -0.443 e. The lowest BCUT2D eigenvalue weighted by atomic mass is 10.1. The maximum Gasteiger partial charge on any atom is 0.434 e. The molecule has 0 fully saturated rings. The molecule has 1 atom stereocenters. The van der Waals surface area contributed by atoms with Gasteiger partial charge >= 0.3 is 6.09 Å². The smallest absolute Gasteiger partial charge is 0.434 e. The van der Waals surface area contributed by atoms with Gasteiger partial charge in [-0.05, 0) is 12.0 Å². The zero-order valence-electron chi connectivity index (χ0n) is 12.7. The molecule has 5 heteroatoms. The summed E-state index contributed by atoms with van der Waals surface area (Å²) in [5.74, 6) is 0. The molecule has 0 aromatic heterocycles. The van der Waals surface area contributed by atoms with Gasteiger partial charge in [-0.25, -0.2) is 4.79 Å². The molecule has 5 nitrogen and oxygen atoms in total. The van der Waals surface area contributed by atoms with Gasteiger partial charge in [-0.2, -0.15) is 5.06 Å². The number of rotatable bonds is 9. The van der Waals surface area contributed by atoms with Gasteiger partial charge in [-0.15, -0.1) is 0 Å². The van der Waals surface area contributed by atoms with Crippen LogP contribution in [0, 0.1) is 0 Å². The fourth-order valence-corrected chi connectivity index (χ4v) is 2.04. The number of hydroxylamine groups is 2. The van der Waals surface area contributed by atoms with Crippen LogP contribution in [0.25, 0.3) is 0 Å². The van der Waals surface area contributed by atoms with Gasteiger partial charge in [0.05, 0.1) is 13.2 Å². The summed E-state index contributed by atoms with van der Waals surface area (Å²) in [4.78, 5) is 28.0. The van der Waals surface area contributed by atoms with Gasteiger partial charge in [0.2, 0.25) is 0 Å². The van der Waals surface area contributed by atoms with E-state index in [1.807, 2.05) is 30.3 Å². The van der Waals surface area contributed by atoms with Crippen molar-refractivity contribution in [2.75, 3.05) is 7.11 Å². The van der Waals surface area contributed by atoms with E-state index in [4.69, 9.17) is 9.57 Å². The van der Waals surface area contributed by atoms with Crippen molar-refractivity contribution in [1.29, 1.82) is 0 Å². The van der Waals surface area contributed by atoms with Crippen LogP contribution in [-0.4, -0.2) is 30.6 Å². The lowest BCUT2D eigenvalue weighted by Gasteiger charge is -2.27. The van der Waals surface area contributed by atoms with Gasteiger partial charge in [0.15, 0.2) is 0 Å². The van der Waals surface area contributed by atoms with Gasteiger partial charge < -0.3 is 9.53 Å². The molecule has 0 radical (unpaired) electrons. The molecule has 0 bridgehead atoms. The molecule has 0 heterocycles. The van der Waals surface area contributed by atoms with Crippen LogP contribution < -0.4 is 0 Å². The Kier molecular flexibility index (Phi) is 8.12. The number of unbranched alkanes of at least 4 members (excludes halogenated alkanes) is 1. The predicted octanol–water partition coefficient (Wildman–Crippen LogP) is 3.33. The van der Waals surface area contributed by atoms with E-state index < -0.39 is 6.09 Å². The number of hydrogen-bond acceptors (Lipinski definition) is 4. The number of amides is 1. The average Bonchev–Trinajstić information content (AvgIpc) is 2.52. The molecule has 0 saturated carbocycles. The first-order chi connectivity index (χ1) is 10.2. The summed E-state index contributed by atoms with van der Waals surface area (Å²) in [5, 5.41) is 1.16. The highest BCUT2D eigenvalue weighted by Gasteiger charge is 2.24. The second-order valence-corrected chi connectivity index (χ2v) is 4.75. The van der Waals surface area contributed by atoms with Gasteiger partial charge in [-0.1, -0.05) is 50.1 Å². The number of aldehydes is 1. The molecule has 0 N–H and O–H groups in total. The van der Waals surface area contributed by atoms with Gasteiger partial charge in [-0.3, -0.25) is 4.84 Å². The van der Waals surface area contributed by atoms with E-state index in [1.54, 1.807) is 0 Å². The fourth-order valence-electron chi connectivity index (χ4n) is 2.04. The third kappa shape index (κ3) is 5.95. The van der Waals surface area contributed by atoms with Crippen molar-refractivity contribution in [3.05, 3.63) is 35.9 Å². The highest BCUT2D eigenvalue weighted by molar-refractivity contribution is 5.67. The minimum atomic E-state index is -0.565. The highest BCUT2D eigenvalue weighted by atomic mass is 16.7. The highest BCUT2D eigenvalue weighted by Crippen LogP contribution is 2.14. The summed E-state index contributed by atoms with van der Waals surface area (Å²) in [6.45, 7) is 2.24. The topological polar surface area (TPSA) is 55.8 Å². The Bertz CT molecular complexity index is 422. The molecule has 21 heavy (non-hydrogen) atoms. The first-order valence-electron chi connectivity index (χ1n) is 7.20. The first-order valence-corrected chi connectivity index (χ1v) is 7.20. The standard InChI is InChI=1S/C16H23NO4/c1-3-4-10-15(11-12-18)17(20-2)16(19)21-13-14-8-6-5-7-9-14/h5-9,12,15H,3-4,10-11,13H2,1-2H3/t15-/m1/s1. The lowest BCUT2D eigenvalue weighted by Crippen LogP contribution is -2.40. The van der Waals surface area contributed by atoms with Gasteiger partial charge in [0.25, 0.3) is 0 Å². The molecule has 1 aromatic carbocycles. The van der Waals surface area contributed by atoms with Crippen molar-refractivity contribution in [3.8, 4) is 0 Å². The summed E-state index contributed by atoms with van der Waals surface area (Å²) < 4.78 is 5.23. The van der Waals surface area contributed by atoms with Crippen LogP contribution in [0.15, 0.2) is 30.3 Å². The Labute approximate surface area is 125 Å². The van der Waals surface area contributed by atoms with E-state index in [2.05, 4.69) is 6.92 Å². The van der Waals surface area contributed by atoms with E-state index in [-0.39, 0.29) is 19.1 Å². The molecule has 0 aliphatic heterocycles. The lowest BCUT2D eigenvalue weighted by molar-refractivity contribution is -0.144. The molecule has 0 aliphatic carbocycles. The zero-order valence-corrected chi connectivity index (χ0v) is 12.7. The molecule has 116 valence electrons. The third-order valence-electron chi connectivity index (χ3n) is 3.17. The molecule has 1 rings (SSSR count). The van der Waals surface area contributed by atoms with Crippen LogP contribution in [0.4, 0.5) is 4.79 Å².